The van der Waals surface area contributed by atoms with Gasteiger partial charge >= 0.3 is 0 Å². The van der Waals surface area contributed by atoms with Crippen LogP contribution in [0.15, 0.2) is 0 Å². The van der Waals surface area contributed by atoms with Gasteiger partial charge in [0.1, 0.15) is 0 Å². The Hall–Kier alpha value is 0. The van der Waals surface area contributed by atoms with Crippen molar-refractivity contribution in [2.75, 3.05) is 0 Å². The molecule has 0 bridgehead atoms. The highest BCUT2D eigenvalue weighted by molar-refractivity contribution is 4.60. The molecule has 0 atom stereocenters. The van der Waals surface area contributed by atoms with Gasteiger partial charge in [-0.05, 0) is 11.8 Å². The predicted octanol–water partition coefficient (Wildman–Crippen LogP) is 6.20. The minimum Gasteiger partial charge on any atom is -0.0654 e. The van der Waals surface area contributed by atoms with Crippen molar-refractivity contribution in [2.45, 2.75) is 92.9 Å². The summed E-state index contributed by atoms with van der Waals surface area (Å²) in [5.41, 5.74) is 0.551. The molecule has 0 fully saturated rings. The van der Waals surface area contributed by atoms with Gasteiger partial charge in [-0.3, -0.25) is 0 Å². The van der Waals surface area contributed by atoms with Crippen molar-refractivity contribution >= 4 is 0 Å². The molecule has 0 N–H and O–H groups in total. The summed E-state index contributed by atoms with van der Waals surface area (Å²) < 4.78 is 0. The summed E-state index contributed by atoms with van der Waals surface area (Å²) in [5, 5.41) is 0. The molecule has 15 heavy (non-hydrogen) atoms. The molecule has 94 valence electrons. The minimum atomic E-state index is 0.551. The Kier molecular flexibility index (Phi) is 14.0. The summed E-state index contributed by atoms with van der Waals surface area (Å²) in [7, 11) is 0. The summed E-state index contributed by atoms with van der Waals surface area (Å²) in [6, 6.07) is 0. The Morgan fingerprint density at radius 3 is 1.20 bits per heavy atom. The third kappa shape index (κ3) is 24.9. The molecule has 0 aromatic heterocycles. The van der Waals surface area contributed by atoms with E-state index in [1.165, 1.54) is 51.4 Å². The molecule has 0 aliphatic heterocycles. The third-order valence-electron chi connectivity index (χ3n) is 2.49. The lowest BCUT2D eigenvalue weighted by Gasteiger charge is -2.16. The van der Waals surface area contributed by atoms with Gasteiger partial charge in [-0.25, -0.2) is 0 Å². The van der Waals surface area contributed by atoms with E-state index in [0.717, 1.165) is 0 Å². The van der Waals surface area contributed by atoms with Crippen LogP contribution in [-0.2, 0) is 0 Å². The van der Waals surface area contributed by atoms with Gasteiger partial charge in [-0.2, -0.15) is 0 Å². The summed E-state index contributed by atoms with van der Waals surface area (Å²) >= 11 is 0. The van der Waals surface area contributed by atoms with E-state index in [-0.39, 0.29) is 0 Å². The van der Waals surface area contributed by atoms with Crippen LogP contribution in [0.5, 0.6) is 0 Å². The number of hydrogen-bond donors (Lipinski definition) is 0. The Morgan fingerprint density at radius 2 is 0.933 bits per heavy atom. The first-order valence-electron chi connectivity index (χ1n) is 6.97. The maximum absolute atomic E-state index is 2.31. The van der Waals surface area contributed by atoms with E-state index in [1.54, 1.807) is 0 Å². The van der Waals surface area contributed by atoms with Gasteiger partial charge in [0.05, 0.1) is 0 Å². The minimum absolute atomic E-state index is 0.551. The fraction of sp³-hybridized carbons (Fsp3) is 1.00. The molecule has 0 aliphatic carbocycles. The first-order valence-corrected chi connectivity index (χ1v) is 6.97. The van der Waals surface area contributed by atoms with Crippen molar-refractivity contribution in [3.05, 3.63) is 0 Å². The second kappa shape index (κ2) is 12.1. The van der Waals surface area contributed by atoms with Crippen LogP contribution in [0.3, 0.4) is 0 Å². The smallest absolute Gasteiger partial charge is 0.0383 e. The van der Waals surface area contributed by atoms with Crippen molar-refractivity contribution in [3.8, 4) is 0 Å². The summed E-state index contributed by atoms with van der Waals surface area (Å²) in [6.07, 6.45) is 11.1. The first-order chi connectivity index (χ1) is 6.97. The summed E-state index contributed by atoms with van der Waals surface area (Å²) in [6.45, 7) is 13.6. The summed E-state index contributed by atoms with van der Waals surface area (Å²) in [4.78, 5) is 0. The van der Waals surface area contributed by atoms with E-state index in [9.17, 15) is 0 Å². The van der Waals surface area contributed by atoms with Crippen LogP contribution >= 0.6 is 0 Å². The molecule has 0 aromatic rings. The average molecular weight is 214 g/mol. The van der Waals surface area contributed by atoms with Crippen LogP contribution in [0.1, 0.15) is 92.9 Å². The van der Waals surface area contributed by atoms with E-state index < -0.39 is 0 Å². The van der Waals surface area contributed by atoms with Crippen molar-refractivity contribution in [3.63, 3.8) is 0 Å². The van der Waals surface area contributed by atoms with E-state index in [1.807, 2.05) is 0 Å². The largest absolute Gasteiger partial charge is 0.0654 e. The lowest BCUT2D eigenvalue weighted by Crippen LogP contribution is -2.03. The maximum atomic E-state index is 2.31. The zero-order valence-corrected chi connectivity index (χ0v) is 12.2. The number of rotatable bonds is 6. The molecule has 0 aromatic carbocycles. The van der Waals surface area contributed by atoms with Crippen LogP contribution in [-0.4, -0.2) is 0 Å². The molecular formula is C15H34. The molecule has 0 radical (unpaired) electrons. The van der Waals surface area contributed by atoms with Gasteiger partial charge in [0.2, 0.25) is 0 Å². The second-order valence-corrected chi connectivity index (χ2v) is 5.72. The first kappa shape index (κ1) is 17.4. The quantitative estimate of drug-likeness (QED) is 0.462. The molecular weight excluding hydrogens is 180 g/mol. The van der Waals surface area contributed by atoms with Gasteiger partial charge in [-0.15, -0.1) is 0 Å². The SMILES string of the molecule is CCCCCC.CCCCCC(C)(C)C. The molecule has 0 saturated heterocycles. The van der Waals surface area contributed by atoms with E-state index in [0.29, 0.717) is 5.41 Å². The zero-order chi connectivity index (χ0) is 12.2. The average Bonchev–Trinajstić information content (AvgIpc) is 2.14. The van der Waals surface area contributed by atoms with Gasteiger partial charge in [-0.1, -0.05) is 86.5 Å². The predicted molar refractivity (Wildman–Crippen MR) is 73.4 cm³/mol. The molecule has 0 heterocycles. The highest BCUT2D eigenvalue weighted by Crippen LogP contribution is 2.21. The monoisotopic (exact) mass is 214 g/mol. The Morgan fingerprint density at radius 1 is 0.600 bits per heavy atom. The van der Waals surface area contributed by atoms with Crippen LogP contribution in [0, 0.1) is 5.41 Å². The van der Waals surface area contributed by atoms with Crippen LogP contribution in [0.4, 0.5) is 0 Å². The molecule has 0 aliphatic rings. The van der Waals surface area contributed by atoms with Gasteiger partial charge in [0, 0.05) is 0 Å². The van der Waals surface area contributed by atoms with Gasteiger partial charge in [0.15, 0.2) is 0 Å². The number of hydrogen-bond acceptors (Lipinski definition) is 0. The standard InChI is InChI=1S/C9H20.C6H14/c1-5-6-7-8-9(2,3)4;1-3-5-6-4-2/h5-8H2,1-4H3;3-6H2,1-2H3. The second-order valence-electron chi connectivity index (χ2n) is 5.72. The van der Waals surface area contributed by atoms with Crippen molar-refractivity contribution < 1.29 is 0 Å². The lowest BCUT2D eigenvalue weighted by molar-refractivity contribution is 0.359. The van der Waals surface area contributed by atoms with Crippen LogP contribution in [0.25, 0.3) is 0 Å². The van der Waals surface area contributed by atoms with Crippen molar-refractivity contribution in [2.24, 2.45) is 5.41 Å². The van der Waals surface area contributed by atoms with Crippen molar-refractivity contribution in [1.82, 2.24) is 0 Å². The fourth-order valence-corrected chi connectivity index (χ4v) is 1.41. The van der Waals surface area contributed by atoms with Crippen LogP contribution in [0.2, 0.25) is 0 Å². The Bertz CT molecular complexity index is 93.1. The Balaban J connectivity index is 0. The highest BCUT2D eigenvalue weighted by Gasteiger charge is 2.07. The van der Waals surface area contributed by atoms with E-state index >= 15 is 0 Å². The van der Waals surface area contributed by atoms with Gasteiger partial charge in [0.25, 0.3) is 0 Å². The zero-order valence-electron chi connectivity index (χ0n) is 12.2. The summed E-state index contributed by atoms with van der Waals surface area (Å²) in [5.74, 6) is 0. The molecule has 0 amide bonds. The van der Waals surface area contributed by atoms with E-state index in [2.05, 4.69) is 41.5 Å². The van der Waals surface area contributed by atoms with Crippen LogP contribution < -0.4 is 0 Å². The number of unbranched alkanes of at least 4 members (excludes halogenated alkanes) is 5. The van der Waals surface area contributed by atoms with Crippen molar-refractivity contribution in [1.29, 1.82) is 0 Å². The molecule has 0 unspecified atom stereocenters. The third-order valence-corrected chi connectivity index (χ3v) is 2.49. The molecule has 0 nitrogen and oxygen atoms in total. The highest BCUT2D eigenvalue weighted by atomic mass is 14.1. The van der Waals surface area contributed by atoms with E-state index in [4.69, 9.17) is 0 Å². The Labute approximate surface area is 98.9 Å². The lowest BCUT2D eigenvalue weighted by atomic mass is 9.90. The molecule has 0 spiro atoms. The fourth-order valence-electron chi connectivity index (χ4n) is 1.41. The molecule has 0 saturated carbocycles. The van der Waals surface area contributed by atoms with Gasteiger partial charge < -0.3 is 0 Å². The topological polar surface area (TPSA) is 0 Å². The molecule has 0 rings (SSSR count). The molecule has 0 heteroatoms. The normalized spacial score (nSPS) is 10.8. The maximum Gasteiger partial charge on any atom is -0.0383 e.